The summed E-state index contributed by atoms with van der Waals surface area (Å²) in [6.45, 7) is 0. The monoisotopic (exact) mass is 532 g/mol. The van der Waals surface area contributed by atoms with Crippen LogP contribution in [0.3, 0.4) is 0 Å². The van der Waals surface area contributed by atoms with Crippen LogP contribution >= 0.6 is 23.2 Å². The molecular formula is C24H15Cl2FN2O7. The van der Waals surface area contributed by atoms with Gasteiger partial charge in [0, 0.05) is 16.8 Å². The Bertz CT molecular complexity index is 1460. The van der Waals surface area contributed by atoms with Gasteiger partial charge in [0.2, 0.25) is 0 Å². The molecule has 0 aromatic heterocycles. The minimum absolute atomic E-state index is 0.0103. The van der Waals surface area contributed by atoms with Crippen molar-refractivity contribution >= 4 is 52.0 Å². The number of nitro benzene ring substituents is 1. The highest BCUT2D eigenvalue weighted by molar-refractivity contribution is 6.52. The minimum Gasteiger partial charge on any atom is -0.507 e. The SMILES string of the molecule is COc1c(Cl)cc(Cl)cc1/C(O)=C1\C(=O)C(=O)N(c2ccc(F)cc2)C1c1ccc(O)c([N+](=O)[O-])c1. The number of anilines is 1. The molecule has 2 N–H and O–H groups in total. The topological polar surface area (TPSA) is 130 Å². The Morgan fingerprint density at radius 1 is 1.11 bits per heavy atom. The fourth-order valence-electron chi connectivity index (χ4n) is 3.96. The van der Waals surface area contributed by atoms with Crippen LogP contribution in [0.4, 0.5) is 15.8 Å². The largest absolute Gasteiger partial charge is 0.507 e. The summed E-state index contributed by atoms with van der Waals surface area (Å²) >= 11 is 12.3. The summed E-state index contributed by atoms with van der Waals surface area (Å²) in [6.07, 6.45) is 0. The number of nitrogens with zero attached hydrogens (tertiary/aromatic N) is 2. The number of hydrogen-bond acceptors (Lipinski definition) is 7. The summed E-state index contributed by atoms with van der Waals surface area (Å²) in [5.74, 6) is -4.22. The van der Waals surface area contributed by atoms with Crippen molar-refractivity contribution in [3.05, 3.63) is 97.3 Å². The number of aliphatic hydroxyl groups is 1. The van der Waals surface area contributed by atoms with Gasteiger partial charge in [-0.15, -0.1) is 0 Å². The second kappa shape index (κ2) is 9.48. The first-order valence-electron chi connectivity index (χ1n) is 10.1. The maximum Gasteiger partial charge on any atom is 0.311 e. The first-order valence-corrected chi connectivity index (χ1v) is 10.9. The van der Waals surface area contributed by atoms with Gasteiger partial charge in [-0.1, -0.05) is 29.3 Å². The average Bonchev–Trinajstić information content (AvgIpc) is 3.09. The van der Waals surface area contributed by atoms with Crippen molar-refractivity contribution in [3.8, 4) is 11.5 Å². The Labute approximate surface area is 212 Å². The lowest BCUT2D eigenvalue weighted by atomic mass is 9.94. The molecule has 1 saturated heterocycles. The number of benzene rings is 3. The van der Waals surface area contributed by atoms with Crippen LogP contribution in [0.5, 0.6) is 11.5 Å². The molecule has 184 valence electrons. The summed E-state index contributed by atoms with van der Waals surface area (Å²) in [5.41, 5.74) is -1.17. The van der Waals surface area contributed by atoms with Crippen LogP contribution in [-0.4, -0.2) is 33.9 Å². The number of carbonyl (C=O) groups excluding carboxylic acids is 2. The Kier molecular flexibility index (Phi) is 6.57. The van der Waals surface area contributed by atoms with Crippen molar-refractivity contribution in [3.63, 3.8) is 0 Å². The maximum absolute atomic E-state index is 13.6. The molecular weight excluding hydrogens is 518 g/mol. The highest BCUT2D eigenvalue weighted by Gasteiger charge is 2.47. The molecule has 0 radical (unpaired) electrons. The van der Waals surface area contributed by atoms with Gasteiger partial charge in [-0.2, -0.15) is 0 Å². The zero-order chi connectivity index (χ0) is 26.3. The normalized spacial score (nSPS) is 16.9. The number of amides is 1. The van der Waals surface area contributed by atoms with E-state index in [9.17, 15) is 34.3 Å². The molecule has 1 heterocycles. The van der Waals surface area contributed by atoms with Crippen LogP contribution in [0.15, 0.2) is 60.2 Å². The Morgan fingerprint density at radius 3 is 2.39 bits per heavy atom. The molecule has 1 aliphatic heterocycles. The van der Waals surface area contributed by atoms with E-state index in [4.69, 9.17) is 27.9 Å². The number of ketones is 1. The lowest BCUT2D eigenvalue weighted by Gasteiger charge is -2.25. The molecule has 1 atom stereocenters. The first-order chi connectivity index (χ1) is 17.0. The second-order valence-corrected chi connectivity index (χ2v) is 8.46. The van der Waals surface area contributed by atoms with Gasteiger partial charge in [0.1, 0.15) is 17.3 Å². The number of ether oxygens (including phenoxy) is 1. The number of hydrogen-bond donors (Lipinski definition) is 2. The van der Waals surface area contributed by atoms with Crippen molar-refractivity contribution in [1.82, 2.24) is 0 Å². The van der Waals surface area contributed by atoms with E-state index in [1.54, 1.807) is 0 Å². The number of Topliss-reactive ketones (excluding diaryl/α,β-unsaturated/α-hetero) is 1. The van der Waals surface area contributed by atoms with Crippen molar-refractivity contribution in [2.45, 2.75) is 6.04 Å². The van der Waals surface area contributed by atoms with Crippen LogP contribution in [0.1, 0.15) is 17.2 Å². The van der Waals surface area contributed by atoms with E-state index in [0.717, 1.165) is 29.2 Å². The fraction of sp³-hybridized carbons (Fsp3) is 0.0833. The molecule has 1 unspecified atom stereocenters. The third kappa shape index (κ3) is 4.21. The molecule has 0 spiro atoms. The first kappa shape index (κ1) is 25.0. The quantitative estimate of drug-likeness (QED) is 0.148. The molecule has 9 nitrogen and oxygen atoms in total. The van der Waals surface area contributed by atoms with Gasteiger partial charge in [0.05, 0.1) is 34.2 Å². The van der Waals surface area contributed by atoms with Gasteiger partial charge in [-0.05, 0) is 48.0 Å². The van der Waals surface area contributed by atoms with Crippen LogP contribution in [0.25, 0.3) is 5.76 Å². The molecule has 1 fully saturated rings. The van der Waals surface area contributed by atoms with Gasteiger partial charge in [0.25, 0.3) is 11.7 Å². The average molecular weight is 533 g/mol. The van der Waals surface area contributed by atoms with E-state index in [1.165, 1.54) is 37.4 Å². The van der Waals surface area contributed by atoms with Crippen LogP contribution in [-0.2, 0) is 9.59 Å². The molecule has 1 aliphatic rings. The van der Waals surface area contributed by atoms with E-state index < -0.39 is 51.2 Å². The number of aliphatic hydroxyl groups excluding tert-OH is 1. The predicted molar refractivity (Wildman–Crippen MR) is 129 cm³/mol. The third-order valence-corrected chi connectivity index (χ3v) is 6.03. The molecule has 12 heteroatoms. The van der Waals surface area contributed by atoms with Crippen molar-refractivity contribution in [2.75, 3.05) is 12.0 Å². The second-order valence-electron chi connectivity index (χ2n) is 7.62. The van der Waals surface area contributed by atoms with Gasteiger partial charge < -0.3 is 14.9 Å². The summed E-state index contributed by atoms with van der Waals surface area (Å²) in [6, 6.07) is 9.04. The van der Waals surface area contributed by atoms with Crippen LogP contribution in [0.2, 0.25) is 10.0 Å². The van der Waals surface area contributed by atoms with E-state index in [2.05, 4.69) is 0 Å². The minimum atomic E-state index is -1.41. The van der Waals surface area contributed by atoms with Crippen molar-refractivity contribution in [1.29, 1.82) is 0 Å². The van der Waals surface area contributed by atoms with E-state index in [-0.39, 0.29) is 32.6 Å². The lowest BCUT2D eigenvalue weighted by Crippen LogP contribution is -2.29. The van der Waals surface area contributed by atoms with Crippen molar-refractivity contribution < 1.29 is 33.9 Å². The maximum atomic E-state index is 13.6. The molecule has 0 saturated carbocycles. The molecule has 4 rings (SSSR count). The summed E-state index contributed by atoms with van der Waals surface area (Å²) in [7, 11) is 1.27. The van der Waals surface area contributed by atoms with Gasteiger partial charge in [0.15, 0.2) is 5.75 Å². The van der Waals surface area contributed by atoms with Crippen molar-refractivity contribution in [2.24, 2.45) is 0 Å². The van der Waals surface area contributed by atoms with E-state index in [0.29, 0.717) is 0 Å². The Hall–Kier alpha value is -4.15. The standard InChI is InChI=1S/C24H15Cl2FN2O7/c1-36-23-15(9-12(25)10-16(23)26)21(31)19-20(11-2-7-18(30)17(8-11)29(34)35)28(24(33)22(19)32)14-5-3-13(27)4-6-14/h2-10,20,30-31H,1H3/b21-19+. The lowest BCUT2D eigenvalue weighted by molar-refractivity contribution is -0.385. The number of halogens is 3. The van der Waals surface area contributed by atoms with E-state index in [1.807, 2.05) is 0 Å². The summed E-state index contributed by atoms with van der Waals surface area (Å²) in [4.78, 5) is 38.0. The molecule has 36 heavy (non-hydrogen) atoms. The van der Waals surface area contributed by atoms with Crippen LogP contribution in [0, 0.1) is 15.9 Å². The van der Waals surface area contributed by atoms with Gasteiger partial charge >= 0.3 is 5.69 Å². The number of phenolic OH excluding ortho intramolecular Hbond substituents is 1. The van der Waals surface area contributed by atoms with E-state index >= 15 is 0 Å². The third-order valence-electron chi connectivity index (χ3n) is 5.53. The highest BCUT2D eigenvalue weighted by Crippen LogP contribution is 2.46. The number of methoxy groups -OCH3 is 1. The smallest absolute Gasteiger partial charge is 0.311 e. The van der Waals surface area contributed by atoms with Crippen LogP contribution < -0.4 is 9.64 Å². The summed E-state index contributed by atoms with van der Waals surface area (Å²) in [5, 5.41) is 32.7. The Morgan fingerprint density at radius 2 is 1.78 bits per heavy atom. The predicted octanol–water partition coefficient (Wildman–Crippen LogP) is 5.38. The molecule has 1 amide bonds. The fourth-order valence-corrected chi connectivity index (χ4v) is 4.53. The zero-order valence-corrected chi connectivity index (χ0v) is 19.7. The highest BCUT2D eigenvalue weighted by atomic mass is 35.5. The number of rotatable bonds is 5. The van der Waals surface area contributed by atoms with Gasteiger partial charge in [-0.25, -0.2) is 4.39 Å². The summed E-state index contributed by atoms with van der Waals surface area (Å²) < 4.78 is 18.8. The Balaban J connectivity index is 2.04. The zero-order valence-electron chi connectivity index (χ0n) is 18.2. The molecule has 3 aromatic rings. The molecule has 0 aliphatic carbocycles. The number of nitro groups is 1. The number of phenols is 1. The molecule has 3 aromatic carbocycles. The van der Waals surface area contributed by atoms with Gasteiger partial charge in [-0.3, -0.25) is 24.6 Å². The number of carbonyl (C=O) groups is 2. The number of aromatic hydroxyl groups is 1. The molecule has 0 bridgehead atoms.